The molecule has 1 aliphatic heterocycles. The number of anilines is 1. The van der Waals surface area contributed by atoms with Gasteiger partial charge in [0.25, 0.3) is 0 Å². The number of nitrogens with zero attached hydrogens (tertiary/aromatic N) is 3. The monoisotopic (exact) mass is 299 g/mol. The predicted octanol–water partition coefficient (Wildman–Crippen LogP) is 3.27. The zero-order chi connectivity index (χ0) is 14.2. The summed E-state index contributed by atoms with van der Waals surface area (Å²) in [5.74, 6) is 0. The first-order valence-corrected chi connectivity index (χ1v) is 7.39. The molecule has 0 spiro atoms. The molecule has 4 rings (SSSR count). The number of aromatic nitrogens is 2. The largest absolute Gasteiger partial charge is 0.378 e. The normalized spacial score (nSPS) is 15.8. The number of benzene rings is 2. The average molecular weight is 300 g/mol. The van der Waals surface area contributed by atoms with Gasteiger partial charge in [-0.3, -0.25) is 0 Å². The Morgan fingerprint density at radius 3 is 2.62 bits per heavy atom. The van der Waals surface area contributed by atoms with E-state index < -0.39 is 0 Å². The molecule has 0 bridgehead atoms. The standard InChI is InChI=1S/C16H14ClN3O/c17-16-15(20-7-9-21-10-8-20)13-6-5-11-3-1-2-4-12(11)14(13)18-19-16/h1-6H,7-10H2. The molecule has 0 atom stereocenters. The van der Waals surface area contributed by atoms with E-state index in [0.29, 0.717) is 18.4 Å². The van der Waals surface area contributed by atoms with Crippen molar-refractivity contribution in [3.63, 3.8) is 0 Å². The van der Waals surface area contributed by atoms with Crippen LogP contribution in [0.25, 0.3) is 21.7 Å². The number of ether oxygens (including phenoxy) is 1. The molecule has 2 aromatic carbocycles. The summed E-state index contributed by atoms with van der Waals surface area (Å²) in [6, 6.07) is 12.4. The lowest BCUT2D eigenvalue weighted by Crippen LogP contribution is -2.36. The lowest BCUT2D eigenvalue weighted by molar-refractivity contribution is 0.123. The van der Waals surface area contributed by atoms with Gasteiger partial charge in [0, 0.05) is 23.9 Å². The summed E-state index contributed by atoms with van der Waals surface area (Å²) >= 11 is 6.33. The van der Waals surface area contributed by atoms with Crippen LogP contribution in [0.1, 0.15) is 0 Å². The number of morpholine rings is 1. The van der Waals surface area contributed by atoms with Gasteiger partial charge in [-0.15, -0.1) is 10.2 Å². The van der Waals surface area contributed by atoms with Crippen molar-refractivity contribution >= 4 is 39.0 Å². The second-order valence-electron chi connectivity index (χ2n) is 5.12. The van der Waals surface area contributed by atoms with E-state index in [0.717, 1.165) is 40.5 Å². The first-order chi connectivity index (χ1) is 10.3. The third-order valence-corrected chi connectivity index (χ3v) is 4.17. The first-order valence-electron chi connectivity index (χ1n) is 7.01. The van der Waals surface area contributed by atoms with Crippen LogP contribution in [0.15, 0.2) is 36.4 Å². The van der Waals surface area contributed by atoms with Crippen molar-refractivity contribution in [2.24, 2.45) is 0 Å². The number of hydrogen-bond donors (Lipinski definition) is 0. The molecular formula is C16H14ClN3O. The third-order valence-electron chi connectivity index (χ3n) is 3.92. The second kappa shape index (κ2) is 5.13. The van der Waals surface area contributed by atoms with Gasteiger partial charge in [0.1, 0.15) is 5.52 Å². The maximum Gasteiger partial charge on any atom is 0.175 e. The van der Waals surface area contributed by atoms with Gasteiger partial charge >= 0.3 is 0 Å². The molecule has 106 valence electrons. The Labute approximate surface area is 127 Å². The van der Waals surface area contributed by atoms with Crippen molar-refractivity contribution in [2.75, 3.05) is 31.2 Å². The number of rotatable bonds is 1. The molecule has 3 aromatic rings. The predicted molar refractivity (Wildman–Crippen MR) is 85.1 cm³/mol. The molecule has 0 N–H and O–H groups in total. The van der Waals surface area contributed by atoms with Crippen LogP contribution in [0, 0.1) is 0 Å². The lowest BCUT2D eigenvalue weighted by Gasteiger charge is -2.30. The van der Waals surface area contributed by atoms with Crippen LogP contribution in [0.4, 0.5) is 5.69 Å². The van der Waals surface area contributed by atoms with Crippen LogP contribution in [-0.4, -0.2) is 36.5 Å². The minimum Gasteiger partial charge on any atom is -0.378 e. The van der Waals surface area contributed by atoms with Gasteiger partial charge < -0.3 is 9.64 Å². The summed E-state index contributed by atoms with van der Waals surface area (Å²) in [5.41, 5.74) is 1.87. The Morgan fingerprint density at radius 1 is 0.952 bits per heavy atom. The highest BCUT2D eigenvalue weighted by molar-refractivity contribution is 6.33. The van der Waals surface area contributed by atoms with Crippen LogP contribution in [-0.2, 0) is 4.74 Å². The Morgan fingerprint density at radius 2 is 1.76 bits per heavy atom. The van der Waals surface area contributed by atoms with Gasteiger partial charge in [-0.1, -0.05) is 41.9 Å². The molecule has 5 heteroatoms. The molecule has 21 heavy (non-hydrogen) atoms. The third kappa shape index (κ3) is 2.11. The molecule has 2 heterocycles. The molecule has 4 nitrogen and oxygen atoms in total. The molecule has 0 saturated carbocycles. The highest BCUT2D eigenvalue weighted by atomic mass is 35.5. The fourth-order valence-electron chi connectivity index (χ4n) is 2.89. The number of halogens is 1. The average Bonchev–Trinajstić information content (AvgIpc) is 2.55. The topological polar surface area (TPSA) is 38.2 Å². The fourth-order valence-corrected chi connectivity index (χ4v) is 3.15. The van der Waals surface area contributed by atoms with Gasteiger partial charge in [0.05, 0.1) is 18.9 Å². The summed E-state index contributed by atoms with van der Waals surface area (Å²) < 4.78 is 5.42. The van der Waals surface area contributed by atoms with E-state index in [1.165, 1.54) is 0 Å². The van der Waals surface area contributed by atoms with Crippen LogP contribution in [0.5, 0.6) is 0 Å². The van der Waals surface area contributed by atoms with E-state index in [1.54, 1.807) is 0 Å². The Bertz CT molecular complexity index is 815. The lowest BCUT2D eigenvalue weighted by atomic mass is 10.1. The maximum atomic E-state index is 6.33. The molecule has 0 aliphatic carbocycles. The molecule has 1 saturated heterocycles. The van der Waals surface area contributed by atoms with Crippen LogP contribution < -0.4 is 4.90 Å². The van der Waals surface area contributed by atoms with Crippen molar-refractivity contribution in [2.45, 2.75) is 0 Å². The zero-order valence-electron chi connectivity index (χ0n) is 11.4. The smallest absolute Gasteiger partial charge is 0.175 e. The minimum absolute atomic E-state index is 0.458. The van der Waals surface area contributed by atoms with Gasteiger partial charge in [-0.25, -0.2) is 0 Å². The van der Waals surface area contributed by atoms with E-state index in [4.69, 9.17) is 16.3 Å². The van der Waals surface area contributed by atoms with Crippen molar-refractivity contribution < 1.29 is 4.74 Å². The van der Waals surface area contributed by atoms with Crippen molar-refractivity contribution in [1.29, 1.82) is 0 Å². The summed E-state index contributed by atoms with van der Waals surface area (Å²) in [5, 5.41) is 12.3. The van der Waals surface area contributed by atoms with Gasteiger partial charge in [0.2, 0.25) is 0 Å². The van der Waals surface area contributed by atoms with Crippen LogP contribution in [0.2, 0.25) is 5.15 Å². The fraction of sp³-hybridized carbons (Fsp3) is 0.250. The Hall–Kier alpha value is -1.91. The van der Waals surface area contributed by atoms with Gasteiger partial charge in [-0.2, -0.15) is 0 Å². The molecule has 1 aromatic heterocycles. The summed E-state index contributed by atoms with van der Waals surface area (Å²) in [6.45, 7) is 3.09. The molecule has 0 radical (unpaired) electrons. The SMILES string of the molecule is Clc1nnc2c(ccc3ccccc32)c1N1CCOCC1. The molecule has 0 amide bonds. The Balaban J connectivity index is 2.00. The number of fused-ring (bicyclic) bond motifs is 3. The molecular weight excluding hydrogens is 286 g/mol. The van der Waals surface area contributed by atoms with E-state index in [9.17, 15) is 0 Å². The second-order valence-corrected chi connectivity index (χ2v) is 5.48. The summed E-state index contributed by atoms with van der Waals surface area (Å²) in [7, 11) is 0. The van der Waals surface area contributed by atoms with Gasteiger partial charge in [0.15, 0.2) is 5.15 Å². The summed E-state index contributed by atoms with van der Waals surface area (Å²) in [6.07, 6.45) is 0. The Kier molecular flexibility index (Phi) is 3.13. The van der Waals surface area contributed by atoms with Crippen LogP contribution >= 0.6 is 11.6 Å². The van der Waals surface area contributed by atoms with Crippen molar-refractivity contribution in [3.8, 4) is 0 Å². The first kappa shape index (κ1) is 12.8. The zero-order valence-corrected chi connectivity index (χ0v) is 12.2. The van der Waals surface area contributed by atoms with Gasteiger partial charge in [-0.05, 0) is 11.5 Å². The highest BCUT2D eigenvalue weighted by Gasteiger charge is 2.19. The quantitative estimate of drug-likeness (QED) is 0.646. The van der Waals surface area contributed by atoms with Crippen molar-refractivity contribution in [1.82, 2.24) is 10.2 Å². The van der Waals surface area contributed by atoms with Crippen molar-refractivity contribution in [3.05, 3.63) is 41.6 Å². The van der Waals surface area contributed by atoms with Crippen LogP contribution in [0.3, 0.4) is 0 Å². The summed E-state index contributed by atoms with van der Waals surface area (Å²) in [4.78, 5) is 2.23. The van der Waals surface area contributed by atoms with E-state index >= 15 is 0 Å². The maximum absolute atomic E-state index is 6.33. The molecule has 1 aliphatic rings. The number of hydrogen-bond acceptors (Lipinski definition) is 4. The molecule has 0 unspecified atom stereocenters. The molecule has 1 fully saturated rings. The van der Waals surface area contributed by atoms with E-state index in [-0.39, 0.29) is 0 Å². The van der Waals surface area contributed by atoms with E-state index in [1.807, 2.05) is 12.1 Å². The highest BCUT2D eigenvalue weighted by Crippen LogP contribution is 2.35. The van der Waals surface area contributed by atoms with E-state index in [2.05, 4.69) is 39.4 Å². The minimum atomic E-state index is 0.458.